The third kappa shape index (κ3) is 4.68. The first-order valence-corrected chi connectivity index (χ1v) is 8.87. The number of sulfonamides is 1. The molecule has 0 spiro atoms. The summed E-state index contributed by atoms with van der Waals surface area (Å²) < 4.78 is 41.4. The summed E-state index contributed by atoms with van der Waals surface area (Å²) in [5.41, 5.74) is 0. The zero-order chi connectivity index (χ0) is 21.1. The van der Waals surface area contributed by atoms with Crippen molar-refractivity contribution in [3.05, 3.63) is 11.2 Å². The molecule has 3 N–H and O–H groups in total. The summed E-state index contributed by atoms with van der Waals surface area (Å²) >= 11 is 5.67. The van der Waals surface area contributed by atoms with E-state index >= 15 is 0 Å². The largest absolute Gasteiger partial charge is 0.511 e. The van der Waals surface area contributed by atoms with E-state index in [2.05, 4.69) is 25.1 Å². The van der Waals surface area contributed by atoms with Gasteiger partial charge < -0.3 is 19.3 Å². The highest BCUT2D eigenvalue weighted by molar-refractivity contribution is 7.90. The van der Waals surface area contributed by atoms with E-state index in [1.165, 1.54) is 20.3 Å². The molecule has 2 aromatic heterocycles. The Labute approximate surface area is 162 Å². The average molecular weight is 437 g/mol. The van der Waals surface area contributed by atoms with E-state index in [1.54, 1.807) is 4.72 Å². The quantitative estimate of drug-likeness (QED) is 0.534. The first kappa shape index (κ1) is 21.0. The number of amides is 2. The number of rotatable bonds is 6. The zero-order valence-electron chi connectivity index (χ0n) is 14.5. The minimum absolute atomic E-state index is 0.0422. The van der Waals surface area contributed by atoms with Crippen LogP contribution in [-0.2, 0) is 17.1 Å². The summed E-state index contributed by atoms with van der Waals surface area (Å²) in [5.74, 6) is -1.01. The number of hydrogen-bond donors (Lipinski definition) is 3. The molecule has 16 heteroatoms. The van der Waals surface area contributed by atoms with Crippen LogP contribution in [0, 0.1) is 0 Å². The summed E-state index contributed by atoms with van der Waals surface area (Å²) in [7, 11) is -0.870. The molecule has 0 aliphatic heterocycles. The molecule has 2 rings (SSSR count). The van der Waals surface area contributed by atoms with Crippen molar-refractivity contribution in [2.45, 2.75) is 5.03 Å². The van der Waals surface area contributed by atoms with Crippen LogP contribution in [0.1, 0.15) is 0 Å². The van der Waals surface area contributed by atoms with Crippen molar-refractivity contribution in [2.24, 2.45) is 7.05 Å². The molecule has 0 unspecified atom stereocenters. The first-order chi connectivity index (χ1) is 13.1. The molecule has 0 radical (unpaired) electrons. The predicted octanol–water partition coefficient (Wildman–Crippen LogP) is 0.448. The van der Waals surface area contributed by atoms with E-state index < -0.39 is 38.1 Å². The summed E-state index contributed by atoms with van der Waals surface area (Å²) in [6, 6.07) is 0.0568. The molecule has 0 saturated carbocycles. The fourth-order valence-corrected chi connectivity index (χ4v) is 3.35. The van der Waals surface area contributed by atoms with Gasteiger partial charge in [0.2, 0.25) is 28.5 Å². The number of nitrogens with zero attached hydrogens (tertiary/aromatic N) is 4. The van der Waals surface area contributed by atoms with Gasteiger partial charge in [-0.1, -0.05) is 11.6 Å². The van der Waals surface area contributed by atoms with E-state index in [0.717, 1.165) is 11.7 Å². The van der Waals surface area contributed by atoms with E-state index in [-0.39, 0.29) is 17.7 Å². The Morgan fingerprint density at radius 3 is 2.29 bits per heavy atom. The minimum atomic E-state index is -4.65. The van der Waals surface area contributed by atoms with Crippen molar-refractivity contribution in [3.8, 4) is 17.5 Å². The molecule has 0 saturated heterocycles. The number of halogens is 1. The molecule has 2 heterocycles. The van der Waals surface area contributed by atoms with Gasteiger partial charge in [0, 0.05) is 7.05 Å². The number of hydrogen-bond acceptors (Lipinski definition) is 10. The Morgan fingerprint density at radius 1 is 1.21 bits per heavy atom. The second-order valence-electron chi connectivity index (χ2n) is 4.75. The molecule has 28 heavy (non-hydrogen) atoms. The number of nitrogens with one attached hydrogen (secondary N) is 2. The van der Waals surface area contributed by atoms with Crippen LogP contribution >= 0.6 is 11.6 Å². The number of urea groups is 1. The third-order valence-electron chi connectivity index (χ3n) is 2.91. The molecule has 2 amide bonds. The Morgan fingerprint density at radius 2 is 1.79 bits per heavy atom. The molecule has 0 atom stereocenters. The number of anilines is 1. The average Bonchev–Trinajstić information content (AvgIpc) is 2.87. The maximum Gasteiger partial charge on any atom is 0.511 e. The SMILES string of the molecule is COc1cc(OC)nc(NC(=O)NS(=O)(=O)c2c(OC(=O)O)c(Cl)nn2C)n1. The van der Waals surface area contributed by atoms with Gasteiger partial charge >= 0.3 is 12.2 Å². The number of methoxy groups -OCH3 is 2. The Balaban J connectivity index is 2.28. The zero-order valence-corrected chi connectivity index (χ0v) is 16.0. The smallest absolute Gasteiger partial charge is 0.481 e. The third-order valence-corrected chi connectivity index (χ3v) is 4.57. The van der Waals surface area contributed by atoms with Crippen LogP contribution in [0.15, 0.2) is 11.1 Å². The first-order valence-electron chi connectivity index (χ1n) is 7.01. The molecule has 0 fully saturated rings. The number of carbonyl (C=O) groups excluding carboxylic acids is 1. The molecule has 0 aromatic carbocycles. The number of aromatic nitrogens is 4. The van der Waals surface area contributed by atoms with Crippen LogP contribution < -0.4 is 24.2 Å². The van der Waals surface area contributed by atoms with Gasteiger partial charge in [0.25, 0.3) is 10.0 Å². The summed E-state index contributed by atoms with van der Waals surface area (Å²) in [6.07, 6.45) is -1.83. The lowest BCUT2D eigenvalue weighted by molar-refractivity contribution is 0.143. The second kappa shape index (κ2) is 8.13. The van der Waals surface area contributed by atoms with Crippen molar-refractivity contribution in [1.29, 1.82) is 0 Å². The van der Waals surface area contributed by atoms with Crippen LogP contribution in [0.3, 0.4) is 0 Å². The van der Waals surface area contributed by atoms with Crippen molar-refractivity contribution in [2.75, 3.05) is 19.5 Å². The highest BCUT2D eigenvalue weighted by Gasteiger charge is 2.31. The number of aryl methyl sites for hydroxylation is 1. The molecule has 2 aromatic rings. The van der Waals surface area contributed by atoms with Crippen LogP contribution in [0.25, 0.3) is 0 Å². The van der Waals surface area contributed by atoms with Gasteiger partial charge in [0.05, 0.1) is 20.3 Å². The monoisotopic (exact) mass is 436 g/mol. The highest BCUT2D eigenvalue weighted by atomic mass is 35.5. The minimum Gasteiger partial charge on any atom is -0.481 e. The summed E-state index contributed by atoms with van der Waals surface area (Å²) in [6.45, 7) is 0. The van der Waals surface area contributed by atoms with Gasteiger partial charge in [-0.3, -0.25) is 10.00 Å². The topological polar surface area (TPSA) is 184 Å². The molecule has 152 valence electrons. The van der Waals surface area contributed by atoms with E-state index in [1.807, 2.05) is 0 Å². The number of carbonyl (C=O) groups is 2. The van der Waals surface area contributed by atoms with Crippen molar-refractivity contribution < 1.29 is 37.3 Å². The van der Waals surface area contributed by atoms with E-state index in [0.29, 0.717) is 0 Å². The molecular formula is C12H13ClN6O8S. The summed E-state index contributed by atoms with van der Waals surface area (Å²) in [5, 5.41) is 13.0. The lowest BCUT2D eigenvalue weighted by Crippen LogP contribution is -2.36. The lowest BCUT2D eigenvalue weighted by Gasteiger charge is -2.10. The van der Waals surface area contributed by atoms with Crippen molar-refractivity contribution >= 4 is 39.8 Å². The predicted molar refractivity (Wildman–Crippen MR) is 91.3 cm³/mol. The number of carboxylic acid groups (broad SMARTS) is 1. The van der Waals surface area contributed by atoms with Crippen LogP contribution in [0.4, 0.5) is 15.5 Å². The standard InChI is InChI=1S/C12H13ClN6O8S/c1-19-9(7(8(13)17-19)27-12(21)22)28(23,24)18-11(20)16-10-14-5(25-2)4-6(15-10)26-3/h4H,1-3H3,(H,21,22)(H2,14,15,16,18,20). The maximum absolute atomic E-state index is 12.5. The van der Waals surface area contributed by atoms with Gasteiger partial charge in [-0.2, -0.15) is 23.5 Å². The normalized spacial score (nSPS) is 10.9. The molecule has 0 aliphatic rings. The van der Waals surface area contributed by atoms with Crippen molar-refractivity contribution in [3.63, 3.8) is 0 Å². The van der Waals surface area contributed by atoms with Crippen LogP contribution in [-0.4, -0.2) is 59.7 Å². The van der Waals surface area contributed by atoms with Crippen LogP contribution in [0.2, 0.25) is 5.15 Å². The molecular weight excluding hydrogens is 424 g/mol. The fraction of sp³-hybridized carbons (Fsp3) is 0.250. The molecule has 14 nitrogen and oxygen atoms in total. The molecule has 0 aliphatic carbocycles. The van der Waals surface area contributed by atoms with Crippen LogP contribution in [0.5, 0.6) is 17.5 Å². The lowest BCUT2D eigenvalue weighted by atomic mass is 10.6. The van der Waals surface area contributed by atoms with E-state index in [9.17, 15) is 18.0 Å². The second-order valence-corrected chi connectivity index (χ2v) is 6.71. The Bertz CT molecular complexity index is 1000. The van der Waals surface area contributed by atoms with Gasteiger partial charge in [-0.15, -0.1) is 0 Å². The van der Waals surface area contributed by atoms with Gasteiger partial charge in [0.1, 0.15) is 0 Å². The Kier molecular flexibility index (Phi) is 6.09. The van der Waals surface area contributed by atoms with Gasteiger partial charge in [-0.05, 0) is 0 Å². The van der Waals surface area contributed by atoms with Crippen molar-refractivity contribution in [1.82, 2.24) is 24.5 Å². The van der Waals surface area contributed by atoms with Gasteiger partial charge in [0.15, 0.2) is 5.15 Å². The highest BCUT2D eigenvalue weighted by Crippen LogP contribution is 2.31. The Hall–Kier alpha value is -3.33. The maximum atomic E-state index is 12.5. The van der Waals surface area contributed by atoms with E-state index in [4.69, 9.17) is 26.2 Å². The van der Waals surface area contributed by atoms with Gasteiger partial charge in [-0.25, -0.2) is 14.3 Å². The number of ether oxygens (including phenoxy) is 3. The molecule has 0 bridgehead atoms. The summed E-state index contributed by atoms with van der Waals surface area (Å²) in [4.78, 5) is 30.4. The fourth-order valence-electron chi connectivity index (χ4n) is 1.89.